The Labute approximate surface area is 161 Å². The van der Waals surface area contributed by atoms with Crippen LogP contribution in [-0.2, 0) is 16.0 Å². The number of hydrogen-bond donors (Lipinski definition) is 0. The second-order valence-electron chi connectivity index (χ2n) is 5.89. The summed E-state index contributed by atoms with van der Waals surface area (Å²) in [7, 11) is 1.43. The van der Waals surface area contributed by atoms with Gasteiger partial charge in [-0.2, -0.15) is 0 Å². The largest absolute Gasteiger partial charge is 0.494 e. The molecule has 1 atom stereocenters. The maximum atomic E-state index is 12.7. The lowest BCUT2D eigenvalue weighted by Crippen LogP contribution is -2.39. The van der Waals surface area contributed by atoms with Crippen LogP contribution in [0.1, 0.15) is 22.8 Å². The van der Waals surface area contributed by atoms with Crippen molar-refractivity contribution in [2.75, 3.05) is 18.6 Å². The molecule has 2 aromatic carbocycles. The number of halogens is 2. The molecule has 7 heteroatoms. The third kappa shape index (κ3) is 3.50. The van der Waals surface area contributed by atoms with Crippen molar-refractivity contribution in [3.8, 4) is 5.75 Å². The van der Waals surface area contributed by atoms with Gasteiger partial charge < -0.3 is 14.4 Å². The van der Waals surface area contributed by atoms with Crippen LogP contribution < -0.4 is 9.64 Å². The molecule has 0 spiro atoms. The number of methoxy groups -OCH3 is 1. The minimum atomic E-state index is -0.937. The fraction of sp³-hybridized carbons (Fsp3) is 0.263. The number of fused-ring (bicyclic) bond motifs is 1. The Balaban J connectivity index is 1.73. The first kappa shape index (κ1) is 18.5. The minimum absolute atomic E-state index is 0.155. The normalized spacial score (nSPS) is 13.9. The van der Waals surface area contributed by atoms with Gasteiger partial charge in [0.25, 0.3) is 5.91 Å². The lowest BCUT2D eigenvalue weighted by Gasteiger charge is -2.21. The van der Waals surface area contributed by atoms with Gasteiger partial charge in [0.05, 0.1) is 22.7 Å². The standard InChI is InChI=1S/C19H17Cl2NO4/c1-11(18(23)22-8-7-12-5-3-4-6-16(12)22)26-19(24)13-9-14(20)17(25-2)15(21)10-13/h3-6,9-11H,7-8H2,1-2H3/t11-/m1/s1. The summed E-state index contributed by atoms with van der Waals surface area (Å²) in [6.07, 6.45) is -0.153. The van der Waals surface area contributed by atoms with Gasteiger partial charge in [-0.25, -0.2) is 4.79 Å². The number of rotatable bonds is 4. The van der Waals surface area contributed by atoms with E-state index in [0.717, 1.165) is 17.7 Å². The molecule has 1 aliphatic heterocycles. The summed E-state index contributed by atoms with van der Waals surface area (Å²) < 4.78 is 10.4. The van der Waals surface area contributed by atoms with E-state index in [-0.39, 0.29) is 27.3 Å². The van der Waals surface area contributed by atoms with Crippen LogP contribution in [0.3, 0.4) is 0 Å². The van der Waals surface area contributed by atoms with Gasteiger partial charge in [-0.05, 0) is 37.1 Å². The zero-order valence-corrected chi connectivity index (χ0v) is 15.8. The van der Waals surface area contributed by atoms with E-state index in [2.05, 4.69) is 0 Å². The van der Waals surface area contributed by atoms with Crippen molar-refractivity contribution in [3.05, 3.63) is 57.6 Å². The first-order valence-electron chi connectivity index (χ1n) is 8.05. The summed E-state index contributed by atoms with van der Waals surface area (Å²) >= 11 is 12.1. The molecule has 3 rings (SSSR count). The van der Waals surface area contributed by atoms with Crippen LogP contribution in [-0.4, -0.2) is 31.6 Å². The third-order valence-corrected chi connectivity index (χ3v) is 4.78. The van der Waals surface area contributed by atoms with Gasteiger partial charge in [-0.15, -0.1) is 0 Å². The molecule has 0 saturated carbocycles. The Morgan fingerprint density at radius 3 is 2.46 bits per heavy atom. The molecular formula is C19H17Cl2NO4. The van der Waals surface area contributed by atoms with Crippen molar-refractivity contribution in [1.29, 1.82) is 0 Å². The lowest BCUT2D eigenvalue weighted by molar-refractivity contribution is -0.126. The summed E-state index contributed by atoms with van der Waals surface area (Å²) in [5.41, 5.74) is 2.12. The first-order valence-corrected chi connectivity index (χ1v) is 8.81. The van der Waals surface area contributed by atoms with E-state index >= 15 is 0 Å². The number of amides is 1. The second-order valence-corrected chi connectivity index (χ2v) is 6.70. The number of anilines is 1. The minimum Gasteiger partial charge on any atom is -0.494 e. The SMILES string of the molecule is COc1c(Cl)cc(C(=O)O[C@H](C)C(=O)N2CCc3ccccc32)cc1Cl. The molecule has 1 heterocycles. The Hall–Kier alpha value is -2.24. The van der Waals surface area contributed by atoms with Crippen molar-refractivity contribution in [2.24, 2.45) is 0 Å². The molecular weight excluding hydrogens is 377 g/mol. The molecule has 26 heavy (non-hydrogen) atoms. The second kappa shape index (κ2) is 7.56. The van der Waals surface area contributed by atoms with E-state index in [4.69, 9.17) is 32.7 Å². The molecule has 0 bridgehead atoms. The third-order valence-electron chi connectivity index (χ3n) is 4.22. The Morgan fingerprint density at radius 2 is 1.81 bits per heavy atom. The van der Waals surface area contributed by atoms with Crippen LogP contribution in [0.15, 0.2) is 36.4 Å². The van der Waals surface area contributed by atoms with Gasteiger partial charge >= 0.3 is 5.97 Å². The highest BCUT2D eigenvalue weighted by molar-refractivity contribution is 6.37. The number of carbonyl (C=O) groups excluding carboxylic acids is 2. The van der Waals surface area contributed by atoms with Crippen molar-refractivity contribution in [1.82, 2.24) is 0 Å². The topological polar surface area (TPSA) is 55.8 Å². The maximum Gasteiger partial charge on any atom is 0.339 e. The van der Waals surface area contributed by atoms with Crippen LogP contribution in [0.25, 0.3) is 0 Å². The van der Waals surface area contributed by atoms with E-state index < -0.39 is 12.1 Å². The van der Waals surface area contributed by atoms with Gasteiger partial charge in [0.1, 0.15) is 0 Å². The first-order chi connectivity index (χ1) is 12.4. The van der Waals surface area contributed by atoms with Gasteiger partial charge in [0, 0.05) is 12.2 Å². The molecule has 0 unspecified atom stereocenters. The zero-order chi connectivity index (χ0) is 18.8. The zero-order valence-electron chi connectivity index (χ0n) is 14.3. The fourth-order valence-corrected chi connectivity index (χ4v) is 3.58. The average Bonchev–Trinajstić information content (AvgIpc) is 3.04. The lowest BCUT2D eigenvalue weighted by atomic mass is 10.2. The Morgan fingerprint density at radius 1 is 1.15 bits per heavy atom. The van der Waals surface area contributed by atoms with Crippen LogP contribution >= 0.6 is 23.2 Å². The summed E-state index contributed by atoms with van der Waals surface area (Å²) in [5, 5.41) is 0.388. The molecule has 0 aliphatic carbocycles. The van der Waals surface area contributed by atoms with Gasteiger partial charge in [-0.1, -0.05) is 41.4 Å². The van der Waals surface area contributed by atoms with Crippen LogP contribution in [0.5, 0.6) is 5.75 Å². The Kier molecular flexibility index (Phi) is 5.39. The molecule has 1 amide bonds. The van der Waals surface area contributed by atoms with E-state index in [1.54, 1.807) is 11.8 Å². The van der Waals surface area contributed by atoms with Gasteiger partial charge in [0.2, 0.25) is 0 Å². The number of hydrogen-bond acceptors (Lipinski definition) is 4. The predicted molar refractivity (Wildman–Crippen MR) is 100 cm³/mol. The molecule has 0 saturated heterocycles. The number of esters is 1. The smallest absolute Gasteiger partial charge is 0.339 e. The molecule has 1 aliphatic rings. The molecule has 0 fully saturated rings. The highest BCUT2D eigenvalue weighted by Gasteiger charge is 2.30. The summed E-state index contributed by atoms with van der Waals surface area (Å²) in [6.45, 7) is 2.12. The number of nitrogens with zero attached hydrogens (tertiary/aromatic N) is 1. The average molecular weight is 394 g/mol. The highest BCUT2D eigenvalue weighted by Crippen LogP contribution is 2.34. The molecule has 0 aromatic heterocycles. The predicted octanol–water partition coefficient (Wildman–Crippen LogP) is 4.14. The molecule has 136 valence electrons. The van der Waals surface area contributed by atoms with Crippen molar-refractivity contribution in [3.63, 3.8) is 0 Å². The Bertz CT molecular complexity index is 845. The highest BCUT2D eigenvalue weighted by atomic mass is 35.5. The quantitative estimate of drug-likeness (QED) is 0.732. The summed E-state index contributed by atoms with van der Waals surface area (Å²) in [5.74, 6) is -0.665. The maximum absolute atomic E-state index is 12.7. The van der Waals surface area contributed by atoms with Gasteiger partial charge in [0.15, 0.2) is 11.9 Å². The van der Waals surface area contributed by atoms with Crippen LogP contribution in [0.4, 0.5) is 5.69 Å². The summed E-state index contributed by atoms with van der Waals surface area (Å²) in [4.78, 5) is 26.7. The number of carbonyl (C=O) groups is 2. The molecule has 0 N–H and O–H groups in total. The van der Waals surface area contributed by atoms with E-state index in [1.807, 2.05) is 24.3 Å². The van der Waals surface area contributed by atoms with Crippen LogP contribution in [0, 0.1) is 0 Å². The van der Waals surface area contributed by atoms with Crippen molar-refractivity contribution in [2.45, 2.75) is 19.4 Å². The number of para-hydroxylation sites is 1. The fourth-order valence-electron chi connectivity index (χ4n) is 2.94. The summed E-state index contributed by atoms with van der Waals surface area (Å²) in [6, 6.07) is 10.5. The molecule has 5 nitrogen and oxygen atoms in total. The van der Waals surface area contributed by atoms with E-state index in [1.165, 1.54) is 19.2 Å². The molecule has 2 aromatic rings. The van der Waals surface area contributed by atoms with E-state index in [0.29, 0.717) is 6.54 Å². The number of ether oxygens (including phenoxy) is 2. The monoisotopic (exact) mass is 393 g/mol. The van der Waals surface area contributed by atoms with Crippen molar-refractivity contribution >= 4 is 40.8 Å². The van der Waals surface area contributed by atoms with Gasteiger partial charge in [-0.3, -0.25) is 4.79 Å². The van der Waals surface area contributed by atoms with E-state index in [9.17, 15) is 9.59 Å². The van der Waals surface area contributed by atoms with Crippen LogP contribution in [0.2, 0.25) is 10.0 Å². The number of benzene rings is 2. The molecule has 0 radical (unpaired) electrons. The van der Waals surface area contributed by atoms with Crippen molar-refractivity contribution < 1.29 is 19.1 Å².